The summed E-state index contributed by atoms with van der Waals surface area (Å²) in [5, 5.41) is 26.4. The largest absolute Gasteiger partial charge is 0.480 e. The number of carboxylic acid groups (broad SMARTS) is 1. The highest BCUT2D eigenvalue weighted by atomic mass is 31.2. The lowest BCUT2D eigenvalue weighted by atomic mass is 9.96. The third-order valence-corrected chi connectivity index (χ3v) is 7.98. The second kappa shape index (κ2) is 9.87. The van der Waals surface area contributed by atoms with Gasteiger partial charge >= 0.3 is 13.7 Å². The Morgan fingerprint density at radius 3 is 2.72 bits per heavy atom. The Balaban J connectivity index is 1.48. The molecule has 1 unspecified atom stereocenters. The summed E-state index contributed by atoms with van der Waals surface area (Å²) >= 11 is 0. The Morgan fingerprint density at radius 2 is 2.03 bits per heavy atom. The van der Waals surface area contributed by atoms with Crippen LogP contribution in [0.4, 0.5) is 5.82 Å². The van der Waals surface area contributed by atoms with Gasteiger partial charge in [0.2, 0.25) is 5.60 Å². The fourth-order valence-corrected chi connectivity index (χ4v) is 6.10. The number of nitrogens with zero attached hydrogens (tertiary/aromatic N) is 4. The van der Waals surface area contributed by atoms with Crippen molar-refractivity contribution in [1.29, 1.82) is 5.26 Å². The van der Waals surface area contributed by atoms with Gasteiger partial charge in [0.25, 0.3) is 0 Å². The predicted molar refractivity (Wildman–Crippen MR) is 134 cm³/mol. The van der Waals surface area contributed by atoms with Gasteiger partial charge in [-0.2, -0.15) is 15.4 Å². The number of hydrogen-bond donors (Lipinski definition) is 3. The first-order valence-corrected chi connectivity index (χ1v) is 13.5. The lowest BCUT2D eigenvalue weighted by Gasteiger charge is -2.30. The molecule has 2 aromatic heterocycles. The van der Waals surface area contributed by atoms with Crippen molar-refractivity contribution in [3.8, 4) is 11.8 Å². The van der Waals surface area contributed by atoms with E-state index in [9.17, 15) is 19.7 Å². The second-order valence-electron chi connectivity index (χ2n) is 9.63. The number of nitrogen functional groups attached to an aromatic ring is 1. The Labute approximate surface area is 223 Å². The average Bonchev–Trinajstić information content (AvgIpc) is 3.54. The molecule has 14 nitrogen and oxygen atoms in total. The zero-order chi connectivity index (χ0) is 28.0. The molecule has 206 valence electrons. The maximum atomic E-state index is 13.8. The van der Waals surface area contributed by atoms with Gasteiger partial charge in [-0.15, -0.1) is 0 Å². The average molecular weight is 558 g/mol. The van der Waals surface area contributed by atoms with Gasteiger partial charge < -0.3 is 29.6 Å². The highest BCUT2D eigenvalue weighted by molar-refractivity contribution is 7.52. The van der Waals surface area contributed by atoms with Gasteiger partial charge in [0.1, 0.15) is 54.6 Å². The quantitative estimate of drug-likeness (QED) is 0.325. The van der Waals surface area contributed by atoms with Crippen molar-refractivity contribution in [1.82, 2.24) is 19.7 Å². The molecule has 2 aliphatic rings. The molecule has 5 rings (SSSR count). The van der Waals surface area contributed by atoms with Crippen LogP contribution in [0.5, 0.6) is 5.75 Å². The van der Waals surface area contributed by atoms with Gasteiger partial charge in [0.05, 0.1) is 5.69 Å². The summed E-state index contributed by atoms with van der Waals surface area (Å²) < 4.78 is 45.1. The molecule has 6 atom stereocenters. The number of para-hydroxylation sites is 1. The van der Waals surface area contributed by atoms with E-state index in [1.165, 1.54) is 29.9 Å². The van der Waals surface area contributed by atoms with E-state index in [4.69, 9.17) is 29.0 Å². The lowest BCUT2D eigenvalue weighted by Crippen LogP contribution is -2.46. The SMILES string of the molecule is C[C@H](NP(=O)(OC[C@@]1(C#N)O[C@@H](c2ccc3c(N)ncnn23)[C@@H]2OC(C)(C)O[C@@H]21)Oc1ccccc1)C(=O)O. The number of ether oxygens (including phenoxy) is 3. The Hall–Kier alpha value is -3.57. The van der Waals surface area contributed by atoms with E-state index in [1.54, 1.807) is 44.2 Å². The lowest BCUT2D eigenvalue weighted by molar-refractivity contribution is -0.204. The van der Waals surface area contributed by atoms with Crippen LogP contribution in [0, 0.1) is 11.3 Å². The molecule has 0 saturated carbocycles. The minimum atomic E-state index is -4.35. The Morgan fingerprint density at radius 1 is 1.28 bits per heavy atom. The minimum Gasteiger partial charge on any atom is -0.480 e. The molecule has 2 fully saturated rings. The molecular weight excluding hydrogens is 531 g/mol. The first kappa shape index (κ1) is 27.0. The maximum Gasteiger partial charge on any atom is 0.459 e. The molecule has 0 amide bonds. The van der Waals surface area contributed by atoms with E-state index in [-0.39, 0.29) is 11.6 Å². The van der Waals surface area contributed by atoms with Crippen molar-refractivity contribution < 1.29 is 37.7 Å². The number of nitriles is 1. The summed E-state index contributed by atoms with van der Waals surface area (Å²) in [7, 11) is -4.35. The third-order valence-electron chi connectivity index (χ3n) is 6.36. The molecule has 0 aliphatic carbocycles. The molecule has 0 bridgehead atoms. The van der Waals surface area contributed by atoms with Crippen LogP contribution in [-0.4, -0.2) is 61.9 Å². The maximum absolute atomic E-state index is 13.8. The predicted octanol–water partition coefficient (Wildman–Crippen LogP) is 2.43. The molecule has 15 heteroatoms. The molecule has 2 saturated heterocycles. The molecule has 4 N–H and O–H groups in total. The van der Waals surface area contributed by atoms with E-state index in [2.05, 4.69) is 21.2 Å². The van der Waals surface area contributed by atoms with Crippen LogP contribution < -0.4 is 15.3 Å². The fraction of sp³-hybridized carbons (Fsp3) is 0.417. The van der Waals surface area contributed by atoms with E-state index in [0.717, 1.165) is 0 Å². The van der Waals surface area contributed by atoms with E-state index < -0.39 is 56.1 Å². The summed E-state index contributed by atoms with van der Waals surface area (Å²) in [5.74, 6) is -1.94. The molecular formula is C24H27N6O8P. The summed E-state index contributed by atoms with van der Waals surface area (Å²) in [6.45, 7) is 4.07. The topological polar surface area (TPSA) is 193 Å². The van der Waals surface area contributed by atoms with Crippen molar-refractivity contribution >= 4 is 25.1 Å². The van der Waals surface area contributed by atoms with E-state index in [1.807, 2.05) is 0 Å². The first-order chi connectivity index (χ1) is 18.5. The third kappa shape index (κ3) is 5.08. The van der Waals surface area contributed by atoms with Crippen molar-refractivity contribution in [2.24, 2.45) is 0 Å². The number of rotatable bonds is 9. The number of aliphatic carboxylic acids is 1. The van der Waals surface area contributed by atoms with Gasteiger partial charge in [-0.3, -0.25) is 9.32 Å². The number of fused-ring (bicyclic) bond motifs is 2. The minimum absolute atomic E-state index is 0.165. The number of nitrogens with one attached hydrogen (secondary N) is 1. The number of hydrogen-bond acceptors (Lipinski definition) is 11. The van der Waals surface area contributed by atoms with Gasteiger partial charge in [-0.05, 0) is 45.0 Å². The summed E-state index contributed by atoms with van der Waals surface area (Å²) in [4.78, 5) is 15.5. The smallest absolute Gasteiger partial charge is 0.459 e. The number of carbonyl (C=O) groups is 1. The van der Waals surface area contributed by atoms with Gasteiger partial charge in [-0.1, -0.05) is 18.2 Å². The zero-order valence-electron chi connectivity index (χ0n) is 21.3. The molecule has 4 heterocycles. The summed E-state index contributed by atoms with van der Waals surface area (Å²) in [6, 6.07) is 12.3. The van der Waals surface area contributed by atoms with Gasteiger partial charge in [0.15, 0.2) is 11.6 Å². The highest BCUT2D eigenvalue weighted by Crippen LogP contribution is 2.53. The van der Waals surface area contributed by atoms with Crippen molar-refractivity contribution in [3.05, 3.63) is 54.5 Å². The van der Waals surface area contributed by atoms with E-state index >= 15 is 0 Å². The second-order valence-corrected chi connectivity index (χ2v) is 11.3. The molecule has 1 aromatic carbocycles. The normalized spacial score (nSPS) is 27.9. The summed E-state index contributed by atoms with van der Waals surface area (Å²) in [6.07, 6.45) is -1.33. The number of anilines is 1. The molecule has 2 aliphatic heterocycles. The van der Waals surface area contributed by atoms with Crippen LogP contribution in [0.2, 0.25) is 0 Å². The standard InChI is InChI=1S/C24H27N6O8P/c1-14(22(31)32)29-39(33,38-15-7-5-4-6-8-15)34-12-24(11-25)20-19(35-23(2,3)37-20)18(36-24)16-9-10-17-21(26)27-13-28-30(16)17/h4-10,13-14,18-20H,12H2,1-3H3,(H,29,33)(H,31,32)(H2,26,27,28)/t14-,18-,19-,20-,24+,39?/m0/s1. The van der Waals surface area contributed by atoms with Crippen molar-refractivity contribution in [2.45, 2.75) is 56.5 Å². The van der Waals surface area contributed by atoms with Gasteiger partial charge in [0, 0.05) is 0 Å². The molecule has 3 aromatic rings. The number of carboxylic acids is 1. The zero-order valence-corrected chi connectivity index (χ0v) is 22.1. The first-order valence-electron chi connectivity index (χ1n) is 12.0. The molecule has 0 radical (unpaired) electrons. The van der Waals surface area contributed by atoms with Gasteiger partial charge in [-0.25, -0.2) is 14.1 Å². The van der Waals surface area contributed by atoms with Crippen LogP contribution in [0.1, 0.15) is 32.6 Å². The van der Waals surface area contributed by atoms with Crippen LogP contribution >= 0.6 is 7.75 Å². The number of nitrogens with two attached hydrogens (primary N) is 1. The van der Waals surface area contributed by atoms with Crippen LogP contribution in [-0.2, 0) is 28.1 Å². The van der Waals surface area contributed by atoms with Crippen LogP contribution in [0.25, 0.3) is 5.52 Å². The monoisotopic (exact) mass is 558 g/mol. The van der Waals surface area contributed by atoms with Crippen LogP contribution in [0.15, 0.2) is 48.8 Å². The van der Waals surface area contributed by atoms with Crippen LogP contribution in [0.3, 0.4) is 0 Å². The highest BCUT2D eigenvalue weighted by Gasteiger charge is 2.65. The Kier molecular flexibility index (Phi) is 6.84. The van der Waals surface area contributed by atoms with E-state index in [0.29, 0.717) is 11.2 Å². The molecule has 0 spiro atoms. The van der Waals surface area contributed by atoms with Crippen molar-refractivity contribution in [2.75, 3.05) is 12.3 Å². The number of benzene rings is 1. The van der Waals surface area contributed by atoms with Crippen molar-refractivity contribution in [3.63, 3.8) is 0 Å². The fourth-order valence-electron chi connectivity index (χ4n) is 4.57. The summed E-state index contributed by atoms with van der Waals surface area (Å²) in [5.41, 5.74) is 5.21. The Bertz CT molecular complexity index is 1480. The molecule has 39 heavy (non-hydrogen) atoms. The number of aromatic nitrogens is 3.